The molecule has 4 N–H and O–H groups in total. The van der Waals surface area contributed by atoms with Crippen LogP contribution in [0, 0.1) is 6.92 Å². The maximum Gasteiger partial charge on any atom is 0.238 e. The number of primary sulfonamides is 1. The summed E-state index contributed by atoms with van der Waals surface area (Å²) in [6.45, 7) is 2.04. The Labute approximate surface area is 124 Å². The highest BCUT2D eigenvalue weighted by Crippen LogP contribution is 2.32. The lowest BCUT2D eigenvalue weighted by atomic mass is 9.93. The van der Waals surface area contributed by atoms with Crippen LogP contribution in [-0.4, -0.2) is 13.0 Å². The summed E-state index contributed by atoms with van der Waals surface area (Å²) < 4.78 is 24.8. The van der Waals surface area contributed by atoms with E-state index in [2.05, 4.69) is 10.6 Å². The van der Waals surface area contributed by atoms with Crippen LogP contribution in [0.15, 0.2) is 35.2 Å². The maximum absolute atomic E-state index is 11.3. The Hall–Kier alpha value is -1.63. The van der Waals surface area contributed by atoms with Crippen LogP contribution in [0.1, 0.15) is 35.8 Å². The standard InChI is InChI=1S/C15H19N3O2S/c1-10-9-13-14(16)3-2-4-15(13)18(10)11-5-7-12(8-6-11)21(17,19)20/h5-9,14H,2-4,16H2,1H3,(H2,17,19,20). The number of hydrogen-bond donors (Lipinski definition) is 2. The van der Waals surface area contributed by atoms with Crippen LogP contribution in [0.25, 0.3) is 5.69 Å². The van der Waals surface area contributed by atoms with E-state index in [1.54, 1.807) is 24.3 Å². The monoisotopic (exact) mass is 305 g/mol. The Morgan fingerprint density at radius 1 is 1.24 bits per heavy atom. The van der Waals surface area contributed by atoms with Gasteiger partial charge in [-0.15, -0.1) is 0 Å². The molecule has 0 spiro atoms. The summed E-state index contributed by atoms with van der Waals surface area (Å²) in [7, 11) is -3.65. The second kappa shape index (κ2) is 4.98. The van der Waals surface area contributed by atoms with E-state index in [1.807, 2.05) is 6.92 Å². The number of nitrogens with zero attached hydrogens (tertiary/aromatic N) is 1. The van der Waals surface area contributed by atoms with Crippen LogP contribution in [0.2, 0.25) is 0 Å². The number of aryl methyl sites for hydroxylation is 1. The fourth-order valence-corrected chi connectivity index (χ4v) is 3.60. The third kappa shape index (κ3) is 2.50. The van der Waals surface area contributed by atoms with Crippen molar-refractivity contribution < 1.29 is 8.42 Å². The van der Waals surface area contributed by atoms with Gasteiger partial charge in [-0.3, -0.25) is 0 Å². The summed E-state index contributed by atoms with van der Waals surface area (Å²) >= 11 is 0. The molecule has 5 nitrogen and oxygen atoms in total. The summed E-state index contributed by atoms with van der Waals surface area (Å²) in [5.41, 5.74) is 10.7. The van der Waals surface area contributed by atoms with Gasteiger partial charge in [0.05, 0.1) is 4.90 Å². The van der Waals surface area contributed by atoms with Gasteiger partial charge in [0, 0.05) is 23.1 Å². The molecule has 1 heterocycles. The van der Waals surface area contributed by atoms with E-state index >= 15 is 0 Å². The van der Waals surface area contributed by atoms with Gasteiger partial charge in [-0.1, -0.05) is 0 Å². The molecule has 0 aliphatic heterocycles. The Balaban J connectivity index is 2.09. The smallest absolute Gasteiger partial charge is 0.238 e. The van der Waals surface area contributed by atoms with E-state index < -0.39 is 10.0 Å². The molecule has 0 amide bonds. The molecule has 1 aromatic carbocycles. The van der Waals surface area contributed by atoms with Crippen molar-refractivity contribution in [2.75, 3.05) is 0 Å². The second-order valence-corrected chi connectivity index (χ2v) is 7.12. The second-order valence-electron chi connectivity index (χ2n) is 5.56. The minimum absolute atomic E-state index is 0.0948. The minimum Gasteiger partial charge on any atom is -0.324 e. The maximum atomic E-state index is 11.3. The lowest BCUT2D eigenvalue weighted by Gasteiger charge is -2.21. The molecule has 3 rings (SSSR count). The van der Waals surface area contributed by atoms with Crippen molar-refractivity contribution in [3.63, 3.8) is 0 Å². The lowest BCUT2D eigenvalue weighted by Crippen LogP contribution is -2.18. The first-order valence-corrected chi connectivity index (χ1v) is 8.52. The summed E-state index contributed by atoms with van der Waals surface area (Å²) in [5.74, 6) is 0. The van der Waals surface area contributed by atoms with Crippen LogP contribution in [0.5, 0.6) is 0 Å². The van der Waals surface area contributed by atoms with Crippen molar-refractivity contribution in [2.45, 2.75) is 37.1 Å². The number of sulfonamides is 1. The largest absolute Gasteiger partial charge is 0.324 e. The zero-order valence-corrected chi connectivity index (χ0v) is 12.7. The fraction of sp³-hybridized carbons (Fsp3) is 0.333. The molecule has 1 aliphatic rings. The highest BCUT2D eigenvalue weighted by atomic mass is 32.2. The Bertz CT molecular complexity index is 776. The van der Waals surface area contributed by atoms with Gasteiger partial charge in [0.15, 0.2) is 0 Å². The molecule has 0 saturated heterocycles. The molecule has 0 radical (unpaired) electrons. The van der Waals surface area contributed by atoms with Gasteiger partial charge in [-0.05, 0) is 62.1 Å². The number of rotatable bonds is 2. The van der Waals surface area contributed by atoms with Crippen molar-refractivity contribution in [1.29, 1.82) is 0 Å². The highest BCUT2D eigenvalue weighted by molar-refractivity contribution is 7.89. The highest BCUT2D eigenvalue weighted by Gasteiger charge is 2.22. The SMILES string of the molecule is Cc1cc2c(n1-c1ccc(S(N)(=O)=O)cc1)CCCC2N. The van der Waals surface area contributed by atoms with Crippen LogP contribution in [0.3, 0.4) is 0 Å². The first kappa shape index (κ1) is 14.3. The first-order chi connectivity index (χ1) is 9.88. The molecule has 0 saturated carbocycles. The molecule has 1 atom stereocenters. The van der Waals surface area contributed by atoms with Crippen LogP contribution < -0.4 is 10.9 Å². The Morgan fingerprint density at radius 2 is 1.90 bits per heavy atom. The third-order valence-electron chi connectivity index (χ3n) is 4.07. The molecule has 0 fully saturated rings. The number of fused-ring (bicyclic) bond motifs is 1. The minimum atomic E-state index is -3.65. The molecule has 1 aromatic heterocycles. The molecule has 0 bridgehead atoms. The number of hydrogen-bond acceptors (Lipinski definition) is 3. The van der Waals surface area contributed by atoms with Gasteiger partial charge in [-0.25, -0.2) is 13.6 Å². The normalized spacial score (nSPS) is 18.5. The average Bonchev–Trinajstić information content (AvgIpc) is 2.76. The van der Waals surface area contributed by atoms with Gasteiger partial charge in [0.2, 0.25) is 10.0 Å². The fourth-order valence-electron chi connectivity index (χ4n) is 3.08. The van der Waals surface area contributed by atoms with E-state index in [0.717, 1.165) is 30.6 Å². The van der Waals surface area contributed by atoms with Gasteiger partial charge in [0.1, 0.15) is 0 Å². The van der Waals surface area contributed by atoms with Gasteiger partial charge >= 0.3 is 0 Å². The molecule has 1 aliphatic carbocycles. The van der Waals surface area contributed by atoms with Crippen molar-refractivity contribution in [1.82, 2.24) is 4.57 Å². The van der Waals surface area contributed by atoms with Crippen molar-refractivity contribution in [2.24, 2.45) is 10.9 Å². The number of nitrogens with two attached hydrogens (primary N) is 2. The average molecular weight is 305 g/mol. The molecule has 6 heteroatoms. The lowest BCUT2D eigenvalue weighted by molar-refractivity contribution is 0.560. The van der Waals surface area contributed by atoms with E-state index in [0.29, 0.717) is 0 Å². The topological polar surface area (TPSA) is 91.1 Å². The third-order valence-corrected chi connectivity index (χ3v) is 5.00. The van der Waals surface area contributed by atoms with E-state index in [-0.39, 0.29) is 10.9 Å². The quantitative estimate of drug-likeness (QED) is 0.885. The molecule has 1 unspecified atom stereocenters. The summed E-state index contributed by atoms with van der Waals surface area (Å²) in [6.07, 6.45) is 3.08. The predicted octanol–water partition coefficient (Wildman–Crippen LogP) is 1.77. The molecule has 21 heavy (non-hydrogen) atoms. The van der Waals surface area contributed by atoms with Crippen LogP contribution >= 0.6 is 0 Å². The van der Waals surface area contributed by atoms with Gasteiger partial charge < -0.3 is 10.3 Å². The summed E-state index contributed by atoms with van der Waals surface area (Å²) in [5, 5.41) is 5.13. The Kier molecular flexibility index (Phi) is 3.39. The molecular formula is C15H19N3O2S. The van der Waals surface area contributed by atoms with Crippen LogP contribution in [-0.2, 0) is 16.4 Å². The Morgan fingerprint density at radius 3 is 2.52 bits per heavy atom. The zero-order chi connectivity index (χ0) is 15.2. The molecular weight excluding hydrogens is 286 g/mol. The molecule has 2 aromatic rings. The van der Waals surface area contributed by atoms with Gasteiger partial charge in [-0.2, -0.15) is 0 Å². The number of aromatic nitrogens is 1. The first-order valence-electron chi connectivity index (χ1n) is 6.98. The predicted molar refractivity (Wildman–Crippen MR) is 81.7 cm³/mol. The van der Waals surface area contributed by atoms with Crippen LogP contribution in [0.4, 0.5) is 0 Å². The van der Waals surface area contributed by atoms with Crippen molar-refractivity contribution >= 4 is 10.0 Å². The number of benzene rings is 1. The summed E-state index contributed by atoms with van der Waals surface area (Å²) in [6, 6.07) is 8.88. The van der Waals surface area contributed by atoms with Gasteiger partial charge in [0.25, 0.3) is 0 Å². The van der Waals surface area contributed by atoms with E-state index in [9.17, 15) is 8.42 Å². The molecule has 112 valence electrons. The summed E-state index contributed by atoms with van der Waals surface area (Å²) in [4.78, 5) is 0.127. The van der Waals surface area contributed by atoms with E-state index in [1.165, 1.54) is 11.3 Å². The van der Waals surface area contributed by atoms with E-state index in [4.69, 9.17) is 10.9 Å². The zero-order valence-electron chi connectivity index (χ0n) is 11.9. The van der Waals surface area contributed by atoms with Crippen molar-refractivity contribution in [3.8, 4) is 5.69 Å². The van der Waals surface area contributed by atoms with Crippen molar-refractivity contribution in [3.05, 3.63) is 47.3 Å².